The molecule has 2 aliphatic heterocycles. The summed E-state index contributed by atoms with van der Waals surface area (Å²) in [5.74, 6) is 1.49. The van der Waals surface area contributed by atoms with E-state index in [2.05, 4.69) is 23.9 Å². The van der Waals surface area contributed by atoms with E-state index in [0.29, 0.717) is 0 Å². The number of hydrogen-bond acceptors (Lipinski definition) is 3. The fourth-order valence-electron chi connectivity index (χ4n) is 7.44. The third-order valence-electron chi connectivity index (χ3n) is 8.28. The molecular formula is C23H25NO2S. The van der Waals surface area contributed by atoms with Gasteiger partial charge in [0.15, 0.2) is 0 Å². The smallest absolute Gasteiger partial charge is 0.238 e. The van der Waals surface area contributed by atoms with Gasteiger partial charge in [0.05, 0.1) is 17.5 Å². The summed E-state index contributed by atoms with van der Waals surface area (Å²) >= 11 is 2.14. The van der Waals surface area contributed by atoms with Crippen molar-refractivity contribution < 1.29 is 9.59 Å². The molecule has 5 unspecified atom stereocenters. The number of allylic oxidation sites excluding steroid dienone is 2. The second-order valence-electron chi connectivity index (χ2n) is 9.04. The molecule has 4 fully saturated rings. The molecule has 2 heterocycles. The van der Waals surface area contributed by atoms with Crippen molar-refractivity contribution in [2.75, 3.05) is 10.7 Å². The molecule has 2 amide bonds. The molecular weight excluding hydrogens is 354 g/mol. The summed E-state index contributed by atoms with van der Waals surface area (Å²) in [5, 5.41) is 0. The maximum absolute atomic E-state index is 13.5. The van der Waals surface area contributed by atoms with Crippen LogP contribution in [0.1, 0.15) is 38.5 Å². The lowest BCUT2D eigenvalue weighted by Crippen LogP contribution is -2.63. The fourth-order valence-corrected chi connectivity index (χ4v) is 9.43. The SMILES string of the molecule is O=C1C2C(C(=O)N1c1ccccc1)C1C=CC2C2(CCCC2)C12CCCS2. The highest BCUT2D eigenvalue weighted by Crippen LogP contribution is 2.73. The van der Waals surface area contributed by atoms with Crippen molar-refractivity contribution in [2.45, 2.75) is 43.3 Å². The Kier molecular flexibility index (Phi) is 3.34. The number of carbonyl (C=O) groups excluding carboxylic acids is 2. The summed E-state index contributed by atoms with van der Waals surface area (Å²) in [6.45, 7) is 0. The van der Waals surface area contributed by atoms with Crippen molar-refractivity contribution in [3.63, 3.8) is 0 Å². The zero-order valence-electron chi connectivity index (χ0n) is 15.5. The van der Waals surface area contributed by atoms with Gasteiger partial charge in [-0.2, -0.15) is 11.8 Å². The van der Waals surface area contributed by atoms with E-state index in [1.807, 2.05) is 30.3 Å². The highest BCUT2D eigenvalue weighted by Gasteiger charge is 2.73. The minimum absolute atomic E-state index is 0.0512. The molecule has 0 aromatic heterocycles. The summed E-state index contributed by atoms with van der Waals surface area (Å²) in [6, 6.07) is 9.56. The number of hydrogen-bond donors (Lipinski definition) is 0. The molecule has 4 aliphatic carbocycles. The van der Waals surface area contributed by atoms with Gasteiger partial charge in [-0.3, -0.25) is 14.5 Å². The Balaban J connectivity index is 1.50. The molecule has 1 aromatic carbocycles. The number of para-hydroxylation sites is 1. The molecule has 3 nitrogen and oxygen atoms in total. The first-order valence-corrected chi connectivity index (χ1v) is 11.4. The van der Waals surface area contributed by atoms with Crippen molar-refractivity contribution >= 4 is 29.3 Å². The summed E-state index contributed by atoms with van der Waals surface area (Å²) in [5.41, 5.74) is 0.979. The van der Waals surface area contributed by atoms with E-state index in [1.165, 1.54) is 49.2 Å². The molecule has 140 valence electrons. The molecule has 5 atom stereocenters. The largest absolute Gasteiger partial charge is 0.274 e. The van der Waals surface area contributed by atoms with Gasteiger partial charge in [-0.25, -0.2) is 0 Å². The number of anilines is 1. The van der Waals surface area contributed by atoms with Crippen LogP contribution < -0.4 is 4.90 Å². The van der Waals surface area contributed by atoms with Gasteiger partial charge in [0.1, 0.15) is 0 Å². The molecule has 6 aliphatic rings. The Morgan fingerprint density at radius 2 is 1.52 bits per heavy atom. The molecule has 0 radical (unpaired) electrons. The molecule has 2 bridgehead atoms. The van der Waals surface area contributed by atoms with E-state index in [1.54, 1.807) is 0 Å². The minimum Gasteiger partial charge on any atom is -0.274 e. The standard InChI is InChI=1S/C23H25NO2S/c25-20-18-16-9-10-17(19(18)21(26)24(20)15-7-2-1-3-8-15)23(13-6-14-27-23)22(16)11-4-5-12-22/h1-3,7-10,16-19H,4-6,11-14H2. The van der Waals surface area contributed by atoms with E-state index in [-0.39, 0.29) is 45.6 Å². The van der Waals surface area contributed by atoms with Crippen molar-refractivity contribution in [2.24, 2.45) is 29.1 Å². The summed E-state index contributed by atoms with van der Waals surface area (Å²) in [6.07, 6.45) is 12.2. The van der Waals surface area contributed by atoms with Crippen molar-refractivity contribution in [1.29, 1.82) is 0 Å². The Morgan fingerprint density at radius 3 is 2.19 bits per heavy atom. The topological polar surface area (TPSA) is 37.4 Å². The predicted octanol–water partition coefficient (Wildman–Crippen LogP) is 4.43. The number of amides is 2. The third-order valence-corrected chi connectivity index (χ3v) is 10.2. The van der Waals surface area contributed by atoms with Crippen LogP contribution in [-0.4, -0.2) is 22.3 Å². The average Bonchev–Trinajstić information content (AvgIpc) is 3.42. The molecule has 2 spiro atoms. The lowest BCUT2D eigenvalue weighted by Gasteiger charge is -2.62. The molecule has 7 rings (SSSR count). The van der Waals surface area contributed by atoms with Gasteiger partial charge in [0, 0.05) is 10.7 Å². The quantitative estimate of drug-likeness (QED) is 0.535. The van der Waals surface area contributed by atoms with Crippen LogP contribution >= 0.6 is 11.8 Å². The maximum Gasteiger partial charge on any atom is 0.238 e. The number of thioether (sulfide) groups is 1. The Morgan fingerprint density at radius 1 is 0.852 bits per heavy atom. The number of carbonyl (C=O) groups is 2. The molecule has 2 saturated carbocycles. The molecule has 27 heavy (non-hydrogen) atoms. The Labute approximate surface area is 164 Å². The fraction of sp³-hybridized carbons (Fsp3) is 0.565. The number of rotatable bonds is 1. The predicted molar refractivity (Wildman–Crippen MR) is 107 cm³/mol. The second kappa shape index (κ2) is 5.50. The van der Waals surface area contributed by atoms with Crippen molar-refractivity contribution in [3.05, 3.63) is 42.5 Å². The zero-order valence-corrected chi connectivity index (χ0v) is 16.3. The molecule has 4 heteroatoms. The lowest BCUT2D eigenvalue weighted by molar-refractivity contribution is -0.133. The van der Waals surface area contributed by atoms with Crippen LogP contribution in [0.4, 0.5) is 5.69 Å². The normalized spacial score (nSPS) is 41.3. The van der Waals surface area contributed by atoms with Crippen LogP contribution in [-0.2, 0) is 9.59 Å². The number of imide groups is 1. The average molecular weight is 380 g/mol. The molecule has 1 aromatic rings. The Hall–Kier alpha value is -1.55. The monoisotopic (exact) mass is 379 g/mol. The second-order valence-corrected chi connectivity index (χ2v) is 10.5. The summed E-state index contributed by atoms with van der Waals surface area (Å²) < 4.78 is 0.187. The molecule has 2 saturated heterocycles. The summed E-state index contributed by atoms with van der Waals surface area (Å²) in [7, 11) is 0. The number of nitrogens with zero attached hydrogens (tertiary/aromatic N) is 1. The highest BCUT2D eigenvalue weighted by atomic mass is 32.2. The zero-order chi connectivity index (χ0) is 18.2. The van der Waals surface area contributed by atoms with Crippen LogP contribution in [0.2, 0.25) is 0 Å². The van der Waals surface area contributed by atoms with Gasteiger partial charge in [0.2, 0.25) is 11.8 Å². The van der Waals surface area contributed by atoms with Crippen LogP contribution in [0.3, 0.4) is 0 Å². The Bertz CT molecular complexity index is 785. The first-order valence-electron chi connectivity index (χ1n) is 10.4. The van der Waals surface area contributed by atoms with Crippen molar-refractivity contribution in [3.8, 4) is 0 Å². The van der Waals surface area contributed by atoms with Gasteiger partial charge in [0.25, 0.3) is 0 Å². The van der Waals surface area contributed by atoms with Crippen molar-refractivity contribution in [1.82, 2.24) is 0 Å². The van der Waals surface area contributed by atoms with Gasteiger partial charge >= 0.3 is 0 Å². The van der Waals surface area contributed by atoms with Gasteiger partial charge in [-0.1, -0.05) is 43.2 Å². The van der Waals surface area contributed by atoms with Gasteiger partial charge < -0.3 is 0 Å². The first kappa shape index (κ1) is 16.4. The van der Waals surface area contributed by atoms with E-state index in [9.17, 15) is 9.59 Å². The highest BCUT2D eigenvalue weighted by molar-refractivity contribution is 8.01. The number of benzene rings is 1. The van der Waals surface area contributed by atoms with Crippen LogP contribution in [0.5, 0.6) is 0 Å². The van der Waals surface area contributed by atoms with Gasteiger partial charge in [-0.05, 0) is 54.9 Å². The first-order chi connectivity index (χ1) is 13.2. The van der Waals surface area contributed by atoms with E-state index in [0.717, 1.165) is 5.69 Å². The van der Waals surface area contributed by atoms with Gasteiger partial charge in [-0.15, -0.1) is 0 Å². The maximum atomic E-state index is 13.5. The lowest BCUT2D eigenvalue weighted by atomic mass is 9.45. The molecule has 0 N–H and O–H groups in total. The van der Waals surface area contributed by atoms with E-state index in [4.69, 9.17) is 0 Å². The van der Waals surface area contributed by atoms with Crippen LogP contribution in [0.15, 0.2) is 42.5 Å². The van der Waals surface area contributed by atoms with Crippen LogP contribution in [0.25, 0.3) is 0 Å². The third kappa shape index (κ3) is 1.81. The summed E-state index contributed by atoms with van der Waals surface area (Å²) in [4.78, 5) is 28.6. The van der Waals surface area contributed by atoms with E-state index >= 15 is 0 Å². The van der Waals surface area contributed by atoms with Crippen LogP contribution in [0, 0.1) is 29.1 Å². The van der Waals surface area contributed by atoms with E-state index < -0.39 is 0 Å². The minimum atomic E-state index is -0.149.